The topological polar surface area (TPSA) is 59.1 Å². The van der Waals surface area contributed by atoms with Crippen LogP contribution in [0.15, 0.2) is 36.4 Å². The van der Waals surface area contributed by atoms with E-state index in [-0.39, 0.29) is 11.6 Å². The number of benzene rings is 2. The van der Waals surface area contributed by atoms with Crippen LogP contribution in [-0.2, 0) is 16.1 Å². The Balaban J connectivity index is 1.82. The third kappa shape index (κ3) is 5.15. The molecule has 1 heterocycles. The molecule has 0 aromatic heterocycles. The van der Waals surface area contributed by atoms with E-state index in [9.17, 15) is 9.59 Å². The Kier molecular flexibility index (Phi) is 6.78. The van der Waals surface area contributed by atoms with E-state index in [1.165, 1.54) is 5.56 Å². The van der Waals surface area contributed by atoms with E-state index in [4.69, 9.17) is 9.47 Å². The van der Waals surface area contributed by atoms with E-state index >= 15 is 0 Å². The third-order valence-corrected chi connectivity index (χ3v) is 6.07. The van der Waals surface area contributed by atoms with Crippen molar-refractivity contribution in [3.05, 3.63) is 58.7 Å². The number of hydrogen-bond donors (Lipinski definition) is 0. The summed E-state index contributed by atoms with van der Waals surface area (Å²) >= 11 is 0. The summed E-state index contributed by atoms with van der Waals surface area (Å²) in [6.45, 7) is 16.8. The van der Waals surface area contributed by atoms with Crippen LogP contribution in [0.1, 0.15) is 56.9 Å². The smallest absolute Gasteiger partial charge is 0.349 e. The molecule has 6 nitrogen and oxygen atoms in total. The predicted octanol–water partition coefficient (Wildman–Crippen LogP) is 5.55. The normalized spacial score (nSPS) is 15.7. The van der Waals surface area contributed by atoms with Gasteiger partial charge >= 0.3 is 12.0 Å². The van der Waals surface area contributed by atoms with E-state index in [0.717, 1.165) is 22.4 Å². The lowest BCUT2D eigenvalue weighted by Gasteiger charge is -2.30. The van der Waals surface area contributed by atoms with E-state index in [1.807, 2.05) is 67.0 Å². The summed E-state index contributed by atoms with van der Waals surface area (Å²) in [6, 6.07) is 12.1. The highest BCUT2D eigenvalue weighted by Gasteiger charge is 2.43. The number of carbonyl (C=O) groups excluding carboxylic acids is 2. The van der Waals surface area contributed by atoms with Crippen LogP contribution in [0, 0.1) is 20.8 Å². The van der Waals surface area contributed by atoms with Crippen molar-refractivity contribution in [1.82, 2.24) is 4.90 Å². The number of carbonyl (C=O) groups is 2. The van der Waals surface area contributed by atoms with Crippen LogP contribution in [-0.4, -0.2) is 41.2 Å². The summed E-state index contributed by atoms with van der Waals surface area (Å²) in [7, 11) is 0. The Bertz CT molecular complexity index is 1020. The summed E-state index contributed by atoms with van der Waals surface area (Å²) in [5.74, 6) is 0.276. The number of esters is 1. The van der Waals surface area contributed by atoms with Gasteiger partial charge in [0.1, 0.15) is 5.75 Å². The van der Waals surface area contributed by atoms with Gasteiger partial charge in [-0.2, -0.15) is 0 Å². The maximum absolute atomic E-state index is 13.3. The molecule has 0 unspecified atom stereocenters. The van der Waals surface area contributed by atoms with Crippen LogP contribution in [0.5, 0.6) is 5.75 Å². The monoisotopic (exact) mass is 452 g/mol. The number of anilines is 1. The van der Waals surface area contributed by atoms with Crippen molar-refractivity contribution in [3.8, 4) is 5.75 Å². The molecule has 2 aromatic rings. The minimum atomic E-state index is -1.09. The summed E-state index contributed by atoms with van der Waals surface area (Å²) in [6.07, 6.45) is 0. The van der Waals surface area contributed by atoms with Crippen molar-refractivity contribution >= 4 is 17.7 Å². The molecule has 3 rings (SSSR count). The predicted molar refractivity (Wildman–Crippen MR) is 131 cm³/mol. The van der Waals surface area contributed by atoms with Gasteiger partial charge in [0.2, 0.25) is 0 Å². The molecule has 1 aliphatic heterocycles. The molecule has 0 radical (unpaired) electrons. The molecule has 6 heteroatoms. The summed E-state index contributed by atoms with van der Waals surface area (Å²) < 4.78 is 11.2. The first-order chi connectivity index (χ1) is 15.4. The summed E-state index contributed by atoms with van der Waals surface area (Å²) in [4.78, 5) is 29.4. The van der Waals surface area contributed by atoms with Crippen molar-refractivity contribution in [3.63, 3.8) is 0 Å². The SMILES string of the molecule is CCOC(=O)C(C)(C)Oc1c(C)cc(CN2C(=O)N(c3ccc(C)cc3)CC2(C)C)cc1C. The Morgan fingerprint density at radius 1 is 1.06 bits per heavy atom. The second kappa shape index (κ2) is 9.08. The first-order valence-electron chi connectivity index (χ1n) is 11.5. The second-order valence-electron chi connectivity index (χ2n) is 9.99. The van der Waals surface area contributed by atoms with Gasteiger partial charge in [0.15, 0.2) is 5.60 Å². The van der Waals surface area contributed by atoms with Crippen molar-refractivity contribution in [1.29, 1.82) is 0 Å². The van der Waals surface area contributed by atoms with E-state index in [1.54, 1.807) is 20.8 Å². The maximum atomic E-state index is 13.3. The van der Waals surface area contributed by atoms with Gasteiger partial charge in [-0.25, -0.2) is 9.59 Å². The molecule has 0 bridgehead atoms. The zero-order chi connectivity index (χ0) is 24.6. The molecule has 0 spiro atoms. The van der Waals surface area contributed by atoms with Crippen LogP contribution in [0.25, 0.3) is 0 Å². The molecule has 178 valence electrons. The first-order valence-corrected chi connectivity index (χ1v) is 11.5. The van der Waals surface area contributed by atoms with Gasteiger partial charge < -0.3 is 14.4 Å². The summed E-state index contributed by atoms with van der Waals surface area (Å²) in [5, 5.41) is 0. The van der Waals surface area contributed by atoms with Crippen LogP contribution in [0.2, 0.25) is 0 Å². The fourth-order valence-electron chi connectivity index (χ4n) is 4.23. The van der Waals surface area contributed by atoms with Gasteiger partial charge in [-0.3, -0.25) is 4.90 Å². The lowest BCUT2D eigenvalue weighted by Crippen LogP contribution is -2.41. The number of aryl methyl sites for hydroxylation is 3. The highest BCUT2D eigenvalue weighted by Crippen LogP contribution is 2.34. The van der Waals surface area contributed by atoms with Crippen molar-refractivity contribution in [2.24, 2.45) is 0 Å². The van der Waals surface area contributed by atoms with Gasteiger partial charge in [-0.15, -0.1) is 0 Å². The largest absolute Gasteiger partial charge is 0.476 e. The van der Waals surface area contributed by atoms with Crippen LogP contribution < -0.4 is 9.64 Å². The van der Waals surface area contributed by atoms with Crippen molar-refractivity contribution in [2.75, 3.05) is 18.1 Å². The fraction of sp³-hybridized carbons (Fsp3) is 0.481. The Hall–Kier alpha value is -3.02. The Morgan fingerprint density at radius 3 is 2.18 bits per heavy atom. The van der Waals surface area contributed by atoms with E-state index in [0.29, 0.717) is 25.4 Å². The molecule has 2 aromatic carbocycles. The van der Waals surface area contributed by atoms with Gasteiger partial charge in [0, 0.05) is 12.2 Å². The Morgan fingerprint density at radius 2 is 1.64 bits per heavy atom. The maximum Gasteiger partial charge on any atom is 0.349 e. The van der Waals surface area contributed by atoms with Gasteiger partial charge in [-0.1, -0.05) is 29.8 Å². The number of ether oxygens (including phenoxy) is 2. The van der Waals surface area contributed by atoms with E-state index in [2.05, 4.69) is 13.8 Å². The number of nitrogens with zero attached hydrogens (tertiary/aromatic N) is 2. The van der Waals surface area contributed by atoms with Crippen LogP contribution >= 0.6 is 0 Å². The fourth-order valence-corrected chi connectivity index (χ4v) is 4.23. The molecule has 1 saturated heterocycles. The highest BCUT2D eigenvalue weighted by atomic mass is 16.6. The average Bonchev–Trinajstić information content (AvgIpc) is 2.95. The minimum absolute atomic E-state index is 0.00271. The van der Waals surface area contributed by atoms with Crippen LogP contribution in [0.4, 0.5) is 10.5 Å². The lowest BCUT2D eigenvalue weighted by molar-refractivity contribution is -0.158. The quantitative estimate of drug-likeness (QED) is 0.517. The Labute approximate surface area is 197 Å². The molecule has 2 amide bonds. The molecule has 33 heavy (non-hydrogen) atoms. The zero-order valence-electron chi connectivity index (χ0n) is 21.1. The van der Waals surface area contributed by atoms with Gasteiger partial charge in [0.25, 0.3) is 0 Å². The number of hydrogen-bond acceptors (Lipinski definition) is 4. The molecule has 1 aliphatic rings. The highest BCUT2D eigenvalue weighted by molar-refractivity contribution is 5.95. The first kappa shape index (κ1) is 24.6. The molecule has 0 saturated carbocycles. The molecular formula is C27H36N2O4. The van der Waals surface area contributed by atoms with Crippen molar-refractivity contribution < 1.29 is 19.1 Å². The molecular weight excluding hydrogens is 416 g/mol. The molecule has 0 atom stereocenters. The third-order valence-electron chi connectivity index (χ3n) is 6.07. The lowest BCUT2D eigenvalue weighted by atomic mass is 10.0. The van der Waals surface area contributed by atoms with Gasteiger partial charge in [-0.05, 0) is 84.2 Å². The number of amides is 2. The summed E-state index contributed by atoms with van der Waals surface area (Å²) in [5.41, 5.74) is 3.54. The standard InChI is InChI=1S/C27H36N2O4/c1-9-32-24(30)27(7,8)33-23-19(3)14-21(15-20(23)4)16-29-25(31)28(17-26(29,5)6)22-12-10-18(2)11-13-22/h10-15H,9,16-17H2,1-8H3. The number of urea groups is 1. The minimum Gasteiger partial charge on any atom is -0.476 e. The second-order valence-corrected chi connectivity index (χ2v) is 9.99. The van der Waals surface area contributed by atoms with E-state index < -0.39 is 11.6 Å². The zero-order valence-corrected chi connectivity index (χ0v) is 21.1. The van der Waals surface area contributed by atoms with Gasteiger partial charge in [0.05, 0.1) is 18.7 Å². The van der Waals surface area contributed by atoms with Crippen LogP contribution in [0.3, 0.4) is 0 Å². The molecule has 0 N–H and O–H groups in total. The van der Waals surface area contributed by atoms with Crippen molar-refractivity contribution in [2.45, 2.75) is 73.1 Å². The average molecular weight is 453 g/mol. The molecule has 1 fully saturated rings. The molecule has 0 aliphatic carbocycles. The number of rotatable bonds is 7.